The molecule has 1 amide bonds. The molecule has 1 aromatic carbocycles. The van der Waals surface area contributed by atoms with Gasteiger partial charge >= 0.3 is 5.97 Å². The maximum atomic E-state index is 12.0. The Hall–Kier alpha value is -2.67. The van der Waals surface area contributed by atoms with Gasteiger partial charge in [-0.05, 0) is 61.6 Å². The predicted molar refractivity (Wildman–Crippen MR) is 120 cm³/mol. The quantitative estimate of drug-likeness (QED) is 0.532. The summed E-state index contributed by atoms with van der Waals surface area (Å²) in [4.78, 5) is 30.7. The number of ether oxygens (including phenoxy) is 1. The van der Waals surface area contributed by atoms with Crippen molar-refractivity contribution in [2.45, 2.75) is 40.5 Å². The molecular weight excluding hydrogens is 394 g/mol. The van der Waals surface area contributed by atoms with Crippen molar-refractivity contribution in [3.63, 3.8) is 0 Å². The molecule has 31 heavy (non-hydrogen) atoms. The fraction of sp³-hybridized carbons (Fsp3) is 0.542. The molecule has 0 fully saturated rings. The molecule has 0 saturated heterocycles. The van der Waals surface area contributed by atoms with Crippen LogP contribution in [0.1, 0.15) is 38.6 Å². The average molecular weight is 428 g/mol. The second kappa shape index (κ2) is 10.1. The summed E-state index contributed by atoms with van der Waals surface area (Å²) < 4.78 is 4.87. The Morgan fingerprint density at radius 1 is 1.29 bits per heavy atom. The number of aromatic nitrogens is 2. The number of aromatic amines is 1. The first kappa shape index (κ1) is 23.0. The summed E-state index contributed by atoms with van der Waals surface area (Å²) in [6.45, 7) is 8.54. The molecule has 168 valence electrons. The number of carboxylic acids is 1. The molecule has 0 spiro atoms. The summed E-state index contributed by atoms with van der Waals surface area (Å²) in [7, 11) is 0. The molecule has 0 radical (unpaired) electrons. The number of carboxylic acid groups (broad SMARTS) is 1. The number of imidazole rings is 1. The van der Waals surface area contributed by atoms with Gasteiger partial charge in [-0.2, -0.15) is 0 Å². The van der Waals surface area contributed by atoms with Gasteiger partial charge in [-0.3, -0.25) is 4.79 Å². The van der Waals surface area contributed by atoms with E-state index in [2.05, 4.69) is 62.3 Å². The third kappa shape index (κ3) is 6.17. The van der Waals surface area contributed by atoms with Gasteiger partial charge in [0.1, 0.15) is 19.0 Å². The molecule has 0 saturated carbocycles. The fourth-order valence-electron chi connectivity index (χ4n) is 4.53. The lowest BCUT2D eigenvalue weighted by molar-refractivity contribution is -0.143. The smallest absolute Gasteiger partial charge is 0.329 e. The lowest BCUT2D eigenvalue weighted by atomic mass is 9.70. The monoisotopic (exact) mass is 427 g/mol. The Balaban J connectivity index is 1.64. The minimum atomic E-state index is -1.08. The summed E-state index contributed by atoms with van der Waals surface area (Å²) in [6.07, 6.45) is 4.22. The van der Waals surface area contributed by atoms with Crippen molar-refractivity contribution in [3.05, 3.63) is 41.2 Å². The molecule has 7 heteroatoms. The Morgan fingerprint density at radius 3 is 2.77 bits per heavy atom. The molecule has 3 N–H and O–H groups in total. The number of benzene rings is 1. The molecule has 7 nitrogen and oxygen atoms in total. The van der Waals surface area contributed by atoms with Gasteiger partial charge < -0.3 is 20.1 Å². The van der Waals surface area contributed by atoms with Crippen LogP contribution in [0.5, 0.6) is 0 Å². The van der Waals surface area contributed by atoms with E-state index >= 15 is 0 Å². The zero-order valence-electron chi connectivity index (χ0n) is 18.8. The Morgan fingerprint density at radius 2 is 2.06 bits per heavy atom. The van der Waals surface area contributed by atoms with E-state index in [0.717, 1.165) is 29.7 Å². The normalized spacial score (nSPS) is 21.3. The van der Waals surface area contributed by atoms with Crippen LogP contribution in [0.3, 0.4) is 0 Å². The zero-order chi connectivity index (χ0) is 22.5. The number of aliphatic carboxylic acids is 1. The predicted octanol–water partition coefficient (Wildman–Crippen LogP) is 3.49. The number of rotatable bonds is 9. The van der Waals surface area contributed by atoms with E-state index in [4.69, 9.17) is 14.8 Å². The topological polar surface area (TPSA) is 104 Å². The minimum Gasteiger partial charge on any atom is -0.480 e. The maximum absolute atomic E-state index is 12.0. The van der Waals surface area contributed by atoms with E-state index < -0.39 is 12.6 Å². The number of fused-ring (bicyclic) bond motifs is 1. The standard InChI is InChI=1S/C24H33N3O4/c1-14(2)19-9-17(10-22-26-20-6-5-15(3)7-21(20)27-22)16(4)8-18(19)11-25-23(28)12-31-13-24(29)30/h5-8,14,17-19H,9-13H2,1-4H3,(H,25,28)(H,26,27)(H,29,30). The van der Waals surface area contributed by atoms with Crippen molar-refractivity contribution < 1.29 is 19.4 Å². The van der Waals surface area contributed by atoms with Gasteiger partial charge in [0.25, 0.3) is 0 Å². The number of amides is 1. The highest BCUT2D eigenvalue weighted by Gasteiger charge is 2.32. The highest BCUT2D eigenvalue weighted by atomic mass is 16.5. The van der Waals surface area contributed by atoms with E-state index in [1.54, 1.807) is 0 Å². The van der Waals surface area contributed by atoms with E-state index in [0.29, 0.717) is 24.3 Å². The van der Waals surface area contributed by atoms with Crippen LogP contribution in [0.15, 0.2) is 29.8 Å². The first-order valence-electron chi connectivity index (χ1n) is 10.9. The lowest BCUT2D eigenvalue weighted by Crippen LogP contribution is -2.38. The summed E-state index contributed by atoms with van der Waals surface area (Å²) in [5.74, 6) is 1.25. The van der Waals surface area contributed by atoms with Gasteiger partial charge in [-0.15, -0.1) is 0 Å². The van der Waals surface area contributed by atoms with Crippen molar-refractivity contribution >= 4 is 22.9 Å². The maximum Gasteiger partial charge on any atom is 0.329 e. The van der Waals surface area contributed by atoms with E-state index in [1.807, 2.05) is 0 Å². The van der Waals surface area contributed by atoms with Gasteiger partial charge in [0, 0.05) is 13.0 Å². The minimum absolute atomic E-state index is 0.234. The Labute approximate surface area is 183 Å². The summed E-state index contributed by atoms with van der Waals surface area (Å²) in [5, 5.41) is 11.5. The third-order valence-corrected chi connectivity index (χ3v) is 6.20. The van der Waals surface area contributed by atoms with Crippen LogP contribution >= 0.6 is 0 Å². The SMILES string of the molecule is CC1=CC(CNC(=O)COCC(=O)O)C(C(C)C)CC1Cc1nc2ccc(C)cc2[nH]1. The van der Waals surface area contributed by atoms with Crippen LogP contribution in [-0.4, -0.2) is 46.7 Å². The van der Waals surface area contributed by atoms with Crippen molar-refractivity contribution in [3.8, 4) is 0 Å². The summed E-state index contributed by atoms with van der Waals surface area (Å²) in [6, 6.07) is 6.27. The third-order valence-electron chi connectivity index (χ3n) is 6.20. The lowest BCUT2D eigenvalue weighted by Gasteiger charge is -2.37. The number of aryl methyl sites for hydroxylation is 1. The van der Waals surface area contributed by atoms with Crippen LogP contribution in [-0.2, 0) is 20.7 Å². The van der Waals surface area contributed by atoms with Crippen molar-refractivity contribution in [1.82, 2.24) is 15.3 Å². The van der Waals surface area contributed by atoms with Gasteiger partial charge in [0.2, 0.25) is 5.91 Å². The largest absolute Gasteiger partial charge is 0.480 e. The Kier molecular flexibility index (Phi) is 7.49. The van der Waals surface area contributed by atoms with E-state index in [1.165, 1.54) is 11.1 Å². The number of H-pyrrole nitrogens is 1. The first-order chi connectivity index (χ1) is 14.7. The number of carbonyl (C=O) groups is 2. The van der Waals surface area contributed by atoms with Crippen LogP contribution in [0.4, 0.5) is 0 Å². The number of carbonyl (C=O) groups excluding carboxylic acids is 1. The average Bonchev–Trinajstić information content (AvgIpc) is 3.08. The molecule has 3 atom stereocenters. The number of hydrogen-bond acceptors (Lipinski definition) is 4. The number of hydrogen-bond donors (Lipinski definition) is 3. The molecule has 1 aromatic heterocycles. The van der Waals surface area contributed by atoms with Crippen molar-refractivity contribution in [2.24, 2.45) is 23.7 Å². The van der Waals surface area contributed by atoms with Crippen molar-refractivity contribution in [1.29, 1.82) is 0 Å². The molecule has 0 bridgehead atoms. The highest BCUT2D eigenvalue weighted by molar-refractivity contribution is 5.77. The Bertz CT molecular complexity index is 963. The number of allylic oxidation sites excluding steroid dienone is 1. The fourth-order valence-corrected chi connectivity index (χ4v) is 4.53. The molecule has 1 aliphatic carbocycles. The van der Waals surface area contributed by atoms with Gasteiger partial charge in [0.05, 0.1) is 11.0 Å². The molecule has 3 rings (SSSR count). The van der Waals surface area contributed by atoms with Crippen LogP contribution in [0.25, 0.3) is 11.0 Å². The van der Waals surface area contributed by atoms with E-state index in [9.17, 15) is 9.59 Å². The molecule has 1 aliphatic rings. The van der Waals surface area contributed by atoms with Gasteiger partial charge in [0.15, 0.2) is 0 Å². The second-order valence-electron chi connectivity index (χ2n) is 9.01. The van der Waals surface area contributed by atoms with E-state index in [-0.39, 0.29) is 18.4 Å². The first-order valence-corrected chi connectivity index (χ1v) is 10.9. The zero-order valence-corrected chi connectivity index (χ0v) is 18.8. The molecule has 3 unspecified atom stereocenters. The number of nitrogens with zero attached hydrogens (tertiary/aromatic N) is 1. The second-order valence-corrected chi connectivity index (χ2v) is 9.01. The highest BCUT2D eigenvalue weighted by Crippen LogP contribution is 2.38. The molecular formula is C24H33N3O4. The number of nitrogens with one attached hydrogen (secondary N) is 2. The molecule has 0 aliphatic heterocycles. The van der Waals surface area contributed by atoms with Crippen molar-refractivity contribution in [2.75, 3.05) is 19.8 Å². The van der Waals surface area contributed by atoms with Crippen LogP contribution < -0.4 is 5.32 Å². The molecule has 2 aromatic rings. The summed E-state index contributed by atoms with van der Waals surface area (Å²) >= 11 is 0. The summed E-state index contributed by atoms with van der Waals surface area (Å²) in [5.41, 5.74) is 4.63. The van der Waals surface area contributed by atoms with Gasteiger partial charge in [-0.1, -0.05) is 31.6 Å². The van der Waals surface area contributed by atoms with Crippen LogP contribution in [0, 0.1) is 30.6 Å². The molecule has 1 heterocycles. The van der Waals surface area contributed by atoms with Gasteiger partial charge in [-0.25, -0.2) is 9.78 Å². The van der Waals surface area contributed by atoms with Crippen LogP contribution in [0.2, 0.25) is 0 Å².